The highest BCUT2D eigenvalue weighted by molar-refractivity contribution is 6.23. The molecule has 1 heterocycles. The number of nitrogens with zero attached hydrogens (tertiary/aromatic N) is 1. The van der Waals surface area contributed by atoms with Gasteiger partial charge in [-0.1, -0.05) is 42.0 Å². The molecule has 1 aliphatic carbocycles. The predicted octanol–water partition coefficient (Wildman–Crippen LogP) is 4.33. The quantitative estimate of drug-likeness (QED) is 0.568. The second kappa shape index (κ2) is 8.02. The fourth-order valence-corrected chi connectivity index (χ4v) is 4.94. The Morgan fingerprint density at radius 2 is 1.70 bits per heavy atom. The van der Waals surface area contributed by atoms with Gasteiger partial charge in [-0.15, -0.1) is 0 Å². The van der Waals surface area contributed by atoms with Crippen LogP contribution in [0, 0.1) is 26.7 Å². The number of carbonyl (C=O) groups is 3. The monoisotopic (exact) mass is 401 g/mol. The Labute approximate surface area is 177 Å². The number of likely N-dealkylation sites (tertiary alicyclic amines) is 1. The van der Waals surface area contributed by atoms with E-state index in [9.17, 15) is 14.4 Å². The van der Waals surface area contributed by atoms with Crippen molar-refractivity contribution in [3.63, 3.8) is 0 Å². The first kappa shape index (κ1) is 20.3. The lowest BCUT2D eigenvalue weighted by Gasteiger charge is -2.16. The molecule has 4 rings (SSSR count). The molecule has 1 saturated heterocycles. The van der Waals surface area contributed by atoms with Gasteiger partial charge in [0.15, 0.2) is 11.6 Å². The van der Waals surface area contributed by atoms with E-state index in [1.807, 2.05) is 74.2 Å². The molecule has 1 saturated carbocycles. The van der Waals surface area contributed by atoms with Crippen molar-refractivity contribution in [2.24, 2.45) is 5.92 Å². The third-order valence-corrected chi connectivity index (χ3v) is 6.26. The third-order valence-electron chi connectivity index (χ3n) is 6.26. The van der Waals surface area contributed by atoms with Crippen LogP contribution >= 0.6 is 0 Å². The van der Waals surface area contributed by atoms with Gasteiger partial charge in [-0.3, -0.25) is 14.4 Å². The summed E-state index contributed by atoms with van der Waals surface area (Å²) >= 11 is 0. The van der Waals surface area contributed by atoms with E-state index < -0.39 is 5.92 Å². The minimum absolute atomic E-state index is 0.0171. The maximum atomic E-state index is 13.2. The number of allylic oxidation sites excluding steroid dienone is 1. The van der Waals surface area contributed by atoms with E-state index in [1.165, 1.54) is 0 Å². The average molecular weight is 402 g/mol. The van der Waals surface area contributed by atoms with Crippen LogP contribution in [0.1, 0.15) is 51.4 Å². The van der Waals surface area contributed by atoms with Gasteiger partial charge in [0.1, 0.15) is 5.92 Å². The number of hydrogen-bond acceptors (Lipinski definition) is 3. The van der Waals surface area contributed by atoms with Crippen molar-refractivity contribution in [3.8, 4) is 0 Å². The van der Waals surface area contributed by atoms with Gasteiger partial charge in [0, 0.05) is 25.1 Å². The molecule has 2 atom stereocenters. The summed E-state index contributed by atoms with van der Waals surface area (Å²) in [6.07, 6.45) is 2.97. The maximum Gasteiger partial charge on any atom is 0.253 e. The largest absolute Gasteiger partial charge is 0.338 e. The molecule has 4 heteroatoms. The van der Waals surface area contributed by atoms with Crippen molar-refractivity contribution in [2.75, 3.05) is 13.1 Å². The van der Waals surface area contributed by atoms with Crippen molar-refractivity contribution >= 4 is 17.5 Å². The topological polar surface area (TPSA) is 54.5 Å². The summed E-state index contributed by atoms with van der Waals surface area (Å²) in [5, 5.41) is 0. The van der Waals surface area contributed by atoms with Crippen molar-refractivity contribution in [3.05, 3.63) is 81.9 Å². The predicted molar refractivity (Wildman–Crippen MR) is 117 cm³/mol. The molecule has 30 heavy (non-hydrogen) atoms. The van der Waals surface area contributed by atoms with E-state index in [1.54, 1.807) is 0 Å². The van der Waals surface area contributed by atoms with Gasteiger partial charge >= 0.3 is 0 Å². The second-order valence-corrected chi connectivity index (χ2v) is 8.61. The zero-order valence-corrected chi connectivity index (χ0v) is 17.8. The Kier molecular flexibility index (Phi) is 5.42. The number of ketones is 2. The van der Waals surface area contributed by atoms with Crippen LogP contribution in [0.5, 0.6) is 0 Å². The van der Waals surface area contributed by atoms with Crippen molar-refractivity contribution in [2.45, 2.75) is 39.5 Å². The fourth-order valence-electron chi connectivity index (χ4n) is 4.94. The van der Waals surface area contributed by atoms with Crippen LogP contribution < -0.4 is 0 Å². The molecule has 1 amide bonds. The fraction of sp³-hybridized carbons (Fsp3) is 0.346. The van der Waals surface area contributed by atoms with Crippen LogP contribution in [0.3, 0.4) is 0 Å². The molecule has 0 bridgehead atoms. The molecule has 154 valence electrons. The highest BCUT2D eigenvalue weighted by atomic mass is 16.2. The molecular formula is C26H27NO3. The van der Waals surface area contributed by atoms with Gasteiger partial charge in [-0.25, -0.2) is 0 Å². The lowest BCUT2D eigenvalue weighted by atomic mass is 9.87. The van der Waals surface area contributed by atoms with Crippen molar-refractivity contribution in [1.29, 1.82) is 0 Å². The van der Waals surface area contributed by atoms with E-state index in [4.69, 9.17) is 0 Å². The number of hydrogen-bond donors (Lipinski definition) is 0. The third kappa shape index (κ3) is 3.74. The maximum absolute atomic E-state index is 13.2. The molecule has 0 N–H and O–H groups in total. The molecule has 1 aliphatic heterocycles. The van der Waals surface area contributed by atoms with E-state index in [0.29, 0.717) is 24.2 Å². The summed E-state index contributed by atoms with van der Waals surface area (Å²) in [6, 6.07) is 13.3. The number of benzene rings is 2. The molecule has 2 unspecified atom stereocenters. The second-order valence-electron chi connectivity index (χ2n) is 8.61. The van der Waals surface area contributed by atoms with Crippen LogP contribution in [0.2, 0.25) is 0 Å². The van der Waals surface area contributed by atoms with E-state index in [2.05, 4.69) is 0 Å². The van der Waals surface area contributed by atoms with Gasteiger partial charge in [-0.05, 0) is 67.5 Å². The van der Waals surface area contributed by atoms with Gasteiger partial charge in [-0.2, -0.15) is 0 Å². The first-order chi connectivity index (χ1) is 14.3. The van der Waals surface area contributed by atoms with E-state index in [-0.39, 0.29) is 29.8 Å². The zero-order valence-electron chi connectivity index (χ0n) is 17.8. The molecule has 0 spiro atoms. The van der Waals surface area contributed by atoms with Crippen molar-refractivity contribution in [1.82, 2.24) is 4.90 Å². The lowest BCUT2D eigenvalue weighted by molar-refractivity contribution is -0.123. The van der Waals surface area contributed by atoms with Crippen LogP contribution in [0.4, 0.5) is 0 Å². The summed E-state index contributed by atoms with van der Waals surface area (Å²) in [5.41, 5.74) is 5.30. The van der Waals surface area contributed by atoms with Gasteiger partial charge < -0.3 is 4.90 Å². The Morgan fingerprint density at radius 1 is 1.03 bits per heavy atom. The number of rotatable bonds is 3. The minimum atomic E-state index is -0.680. The number of Topliss-reactive ketones (excluding diaryl/α,β-unsaturated/α-hetero) is 2. The number of carbonyl (C=O) groups excluding carboxylic acids is 3. The van der Waals surface area contributed by atoms with Gasteiger partial charge in [0.2, 0.25) is 0 Å². The number of amides is 1. The molecular weight excluding hydrogens is 374 g/mol. The summed E-state index contributed by atoms with van der Waals surface area (Å²) in [4.78, 5) is 40.5. The van der Waals surface area contributed by atoms with Gasteiger partial charge in [0.25, 0.3) is 5.91 Å². The summed E-state index contributed by atoms with van der Waals surface area (Å²) in [5.74, 6) is -0.628. The van der Waals surface area contributed by atoms with Crippen LogP contribution in [0.25, 0.3) is 0 Å². The van der Waals surface area contributed by atoms with Gasteiger partial charge in [0.05, 0.1) is 0 Å². The molecule has 2 aromatic carbocycles. The van der Waals surface area contributed by atoms with E-state index in [0.717, 1.165) is 28.7 Å². The van der Waals surface area contributed by atoms with E-state index >= 15 is 0 Å². The Balaban J connectivity index is 1.51. The van der Waals surface area contributed by atoms with Crippen LogP contribution in [0.15, 0.2) is 54.1 Å². The average Bonchev–Trinajstić information content (AvgIpc) is 3.27. The first-order valence-electron chi connectivity index (χ1n) is 10.5. The lowest BCUT2D eigenvalue weighted by Crippen LogP contribution is -2.28. The molecule has 2 fully saturated rings. The van der Waals surface area contributed by atoms with Crippen molar-refractivity contribution < 1.29 is 14.4 Å². The Hall–Kier alpha value is -3.01. The molecule has 2 aromatic rings. The first-order valence-corrected chi connectivity index (χ1v) is 10.5. The Bertz CT molecular complexity index is 1030. The molecule has 2 aliphatic rings. The normalized spacial score (nSPS) is 22.9. The summed E-state index contributed by atoms with van der Waals surface area (Å²) in [6.45, 7) is 7.23. The standard InChI is InChI=1S/C26H27NO3/c1-16-11-17(2)23(18(3)12-16)24-22(28)14-21(25(24)29)13-19-9-10-27(15-19)26(30)20-7-5-4-6-8-20/h4-8,11-13,19,24H,9-10,14-15H2,1-3H3/b21-13+. The number of aryl methyl sites for hydroxylation is 3. The Morgan fingerprint density at radius 3 is 2.37 bits per heavy atom. The SMILES string of the molecule is Cc1cc(C)c(C2C(=O)C/C(=C\C3CCN(C(=O)c4ccccc4)C3)C2=O)c(C)c1. The molecule has 0 radical (unpaired) electrons. The molecule has 4 nitrogen and oxygen atoms in total. The highest BCUT2D eigenvalue weighted by Crippen LogP contribution is 2.37. The highest BCUT2D eigenvalue weighted by Gasteiger charge is 2.40. The smallest absolute Gasteiger partial charge is 0.253 e. The minimum Gasteiger partial charge on any atom is -0.338 e. The zero-order chi connectivity index (χ0) is 21.4. The summed E-state index contributed by atoms with van der Waals surface area (Å²) in [7, 11) is 0. The summed E-state index contributed by atoms with van der Waals surface area (Å²) < 4.78 is 0. The van der Waals surface area contributed by atoms with Crippen LogP contribution in [-0.2, 0) is 9.59 Å². The molecule has 0 aromatic heterocycles. The van der Waals surface area contributed by atoms with Crippen LogP contribution in [-0.4, -0.2) is 35.5 Å².